The van der Waals surface area contributed by atoms with E-state index >= 15 is 0 Å². The monoisotopic (exact) mass is 558 g/mol. The quantitative estimate of drug-likeness (QED) is 0.452. The van der Waals surface area contributed by atoms with Gasteiger partial charge in [-0.05, 0) is 75.5 Å². The number of ether oxygens (including phenoxy) is 1. The van der Waals surface area contributed by atoms with Gasteiger partial charge >= 0.3 is 5.97 Å². The average Bonchev–Trinajstić information content (AvgIpc) is 3.28. The summed E-state index contributed by atoms with van der Waals surface area (Å²) in [4.78, 5) is 36.9. The van der Waals surface area contributed by atoms with E-state index in [1.165, 1.54) is 6.20 Å². The van der Waals surface area contributed by atoms with Gasteiger partial charge in [-0.15, -0.1) is 0 Å². The van der Waals surface area contributed by atoms with Gasteiger partial charge < -0.3 is 14.8 Å². The Balaban J connectivity index is 0.00000253. The maximum atomic E-state index is 13.0. The molecule has 2 aromatic heterocycles. The number of allylic oxidation sites excluding steroid dienone is 2. The summed E-state index contributed by atoms with van der Waals surface area (Å²) in [6, 6.07) is 5.81. The minimum absolute atomic E-state index is 0. The fourth-order valence-corrected chi connectivity index (χ4v) is 5.39. The highest BCUT2D eigenvalue weighted by atomic mass is 32.1. The lowest BCUT2D eigenvalue weighted by Crippen LogP contribution is -2.51. The van der Waals surface area contributed by atoms with Gasteiger partial charge in [-0.25, -0.2) is 9.78 Å². The molecule has 1 fully saturated rings. The molecule has 0 unspecified atom stereocenters. The molecule has 1 aliphatic carbocycles. The molecule has 4 rings (SSSR count). The summed E-state index contributed by atoms with van der Waals surface area (Å²) in [6.07, 6.45) is 7.45. The van der Waals surface area contributed by atoms with Crippen LogP contribution in [0.2, 0.25) is 0 Å². The van der Waals surface area contributed by atoms with Crippen molar-refractivity contribution in [3.63, 3.8) is 0 Å². The number of carboxylic acid groups (broad SMARTS) is 1. The molecule has 206 valence electrons. The van der Waals surface area contributed by atoms with E-state index in [9.17, 15) is 14.7 Å². The Morgan fingerprint density at radius 3 is 2.47 bits per heavy atom. The van der Waals surface area contributed by atoms with Gasteiger partial charge in [0.1, 0.15) is 11.8 Å². The first-order chi connectivity index (χ1) is 16.8. The Morgan fingerprint density at radius 2 is 1.89 bits per heavy atom. The summed E-state index contributed by atoms with van der Waals surface area (Å²) in [5.74, 6) is -1.13. The van der Waals surface area contributed by atoms with Gasteiger partial charge in [0.2, 0.25) is 5.78 Å². The molecule has 8 nitrogen and oxygen atoms in total. The lowest BCUT2D eigenvalue weighted by atomic mass is 9.76. The summed E-state index contributed by atoms with van der Waals surface area (Å²) < 4.78 is 5.96. The van der Waals surface area contributed by atoms with Crippen LogP contribution < -0.4 is 0 Å². The van der Waals surface area contributed by atoms with Crippen molar-refractivity contribution in [3.05, 3.63) is 52.9 Å². The number of aromatic nitrogens is 3. The van der Waals surface area contributed by atoms with Gasteiger partial charge in [0.15, 0.2) is 11.4 Å². The number of rotatable bonds is 6. The van der Waals surface area contributed by atoms with Crippen molar-refractivity contribution in [2.45, 2.75) is 90.3 Å². The topological polar surface area (TPSA) is 129 Å². The van der Waals surface area contributed by atoms with Crippen LogP contribution >= 0.6 is 27.0 Å². The molecule has 0 spiro atoms. The second-order valence-electron chi connectivity index (χ2n) is 11.7. The number of aliphatic carboxylic acids is 1. The van der Waals surface area contributed by atoms with Crippen LogP contribution in [0.1, 0.15) is 106 Å². The number of imidazole rings is 1. The predicted octanol–water partition coefficient (Wildman–Crippen LogP) is 5.44. The summed E-state index contributed by atoms with van der Waals surface area (Å²) in [5, 5.41) is 18.9. The smallest absolute Gasteiger partial charge is 0.335 e. The minimum Gasteiger partial charge on any atom is -0.479 e. The highest BCUT2D eigenvalue weighted by molar-refractivity contribution is 7.59. The molecule has 0 radical (unpaired) electrons. The molecular weight excluding hydrogens is 520 g/mol. The molecular formula is C28H38N4O4S2. The maximum absolute atomic E-state index is 13.0. The van der Waals surface area contributed by atoms with E-state index < -0.39 is 17.2 Å². The summed E-state index contributed by atoms with van der Waals surface area (Å²) in [6.45, 7) is 9.95. The number of carbonyl (C=O) groups excluding carboxylic acids is 1. The van der Waals surface area contributed by atoms with E-state index in [2.05, 4.69) is 29.9 Å². The number of nitriles is 1. The van der Waals surface area contributed by atoms with E-state index in [4.69, 9.17) is 15.0 Å². The standard InChI is InChI=1S/C28H34N4O4.2H2S/c1-26(2)10-8-17(9-11-26)23-18(12-22(33)24-30-16-20(15-29)31-24)6-7-21(32-23)19-13-27(3,4)36-28(5,14-19)25(34)35;;/h6-8,16,19H,9-14H2,1-5H3,(H,30,31)(H,34,35);2*1H2/t19-,28-;;/m0../s1. The first-order valence-electron chi connectivity index (χ1n) is 12.4. The zero-order valence-corrected chi connectivity index (χ0v) is 24.6. The number of Topliss-reactive ketones (excluding diaryl/α,β-unsaturated/α-hetero) is 1. The average molecular weight is 559 g/mol. The molecule has 38 heavy (non-hydrogen) atoms. The summed E-state index contributed by atoms with van der Waals surface area (Å²) >= 11 is 0. The molecule has 1 saturated heterocycles. The molecule has 2 atom stereocenters. The van der Waals surface area contributed by atoms with Crippen LogP contribution in [0.25, 0.3) is 5.57 Å². The predicted molar refractivity (Wildman–Crippen MR) is 155 cm³/mol. The van der Waals surface area contributed by atoms with E-state index in [0.717, 1.165) is 41.8 Å². The van der Waals surface area contributed by atoms with E-state index in [-0.39, 0.29) is 62.0 Å². The number of carbonyl (C=O) groups is 2. The summed E-state index contributed by atoms with van der Waals surface area (Å²) in [7, 11) is 0. The highest BCUT2D eigenvalue weighted by Crippen LogP contribution is 2.44. The van der Waals surface area contributed by atoms with E-state index in [1.54, 1.807) is 6.92 Å². The van der Waals surface area contributed by atoms with Crippen molar-refractivity contribution >= 4 is 44.3 Å². The number of nitrogens with one attached hydrogen (secondary N) is 1. The van der Waals surface area contributed by atoms with Crippen LogP contribution in [-0.2, 0) is 16.0 Å². The third-order valence-electron chi connectivity index (χ3n) is 7.33. The maximum Gasteiger partial charge on any atom is 0.335 e. The zero-order valence-electron chi connectivity index (χ0n) is 22.6. The molecule has 1 aliphatic heterocycles. The number of hydrogen-bond donors (Lipinski definition) is 2. The van der Waals surface area contributed by atoms with Crippen LogP contribution in [0, 0.1) is 16.7 Å². The number of H-pyrrole nitrogens is 1. The van der Waals surface area contributed by atoms with Crippen LogP contribution in [0.3, 0.4) is 0 Å². The van der Waals surface area contributed by atoms with Crippen molar-refractivity contribution < 1.29 is 19.4 Å². The molecule has 10 heteroatoms. The number of hydrogen-bond acceptors (Lipinski definition) is 6. The molecule has 0 saturated carbocycles. The van der Waals surface area contributed by atoms with Gasteiger partial charge in [0, 0.05) is 18.0 Å². The Kier molecular flexibility index (Phi) is 9.68. The number of ketones is 1. The van der Waals surface area contributed by atoms with Gasteiger partial charge in [-0.2, -0.15) is 32.3 Å². The number of carboxylic acids is 1. The third kappa shape index (κ3) is 6.87. The molecule has 2 aliphatic rings. The number of nitrogens with zero attached hydrogens (tertiary/aromatic N) is 3. The largest absolute Gasteiger partial charge is 0.479 e. The van der Waals surface area contributed by atoms with Crippen LogP contribution in [0.15, 0.2) is 24.4 Å². The second-order valence-corrected chi connectivity index (χ2v) is 11.7. The third-order valence-corrected chi connectivity index (χ3v) is 7.33. The Hall–Kier alpha value is -2.61. The molecule has 2 aromatic rings. The normalized spacial score (nSPS) is 23.7. The van der Waals surface area contributed by atoms with Crippen molar-refractivity contribution in [1.29, 1.82) is 5.26 Å². The first-order valence-corrected chi connectivity index (χ1v) is 12.4. The SMILES string of the molecule is CC1(C)CC=C(c2nc([C@H]3CC(C)(C)O[C@](C)(C(=O)O)C3)ccc2CC(=O)c2ncc(C#N)[nH]2)CC1.S.S. The van der Waals surface area contributed by atoms with Gasteiger partial charge in [0.05, 0.1) is 17.5 Å². The van der Waals surface area contributed by atoms with Crippen molar-refractivity contribution in [2.24, 2.45) is 5.41 Å². The second kappa shape index (κ2) is 11.6. The van der Waals surface area contributed by atoms with Crippen molar-refractivity contribution in [3.8, 4) is 6.07 Å². The molecule has 0 bridgehead atoms. The fourth-order valence-electron chi connectivity index (χ4n) is 5.39. The van der Waals surface area contributed by atoms with Gasteiger partial charge in [-0.3, -0.25) is 9.78 Å². The zero-order chi connectivity index (χ0) is 26.3. The van der Waals surface area contributed by atoms with Crippen molar-refractivity contribution in [2.75, 3.05) is 0 Å². The Labute approximate surface area is 238 Å². The molecule has 0 amide bonds. The van der Waals surface area contributed by atoms with E-state index in [0.29, 0.717) is 12.8 Å². The number of aromatic amines is 1. The fraction of sp³-hybridized carbons (Fsp3) is 0.536. The van der Waals surface area contributed by atoms with Crippen LogP contribution in [0.4, 0.5) is 0 Å². The first kappa shape index (κ1) is 31.6. The van der Waals surface area contributed by atoms with E-state index in [1.807, 2.05) is 32.0 Å². The van der Waals surface area contributed by atoms with Crippen molar-refractivity contribution in [1.82, 2.24) is 15.0 Å². The minimum atomic E-state index is -1.30. The Bertz CT molecular complexity index is 1280. The molecule has 0 aromatic carbocycles. The number of pyridine rings is 1. The van der Waals surface area contributed by atoms with Crippen LogP contribution in [0.5, 0.6) is 0 Å². The Morgan fingerprint density at radius 1 is 1.18 bits per heavy atom. The van der Waals surface area contributed by atoms with Gasteiger partial charge in [0.25, 0.3) is 0 Å². The lowest BCUT2D eigenvalue weighted by Gasteiger charge is -2.44. The summed E-state index contributed by atoms with van der Waals surface area (Å²) in [5.41, 5.74) is 2.08. The molecule has 2 N–H and O–H groups in total. The van der Waals surface area contributed by atoms with Gasteiger partial charge in [-0.1, -0.05) is 26.0 Å². The van der Waals surface area contributed by atoms with Crippen LogP contribution in [-0.4, -0.2) is 43.0 Å². The highest BCUT2D eigenvalue weighted by Gasteiger charge is 2.48. The lowest BCUT2D eigenvalue weighted by molar-refractivity contribution is -0.200. The molecule has 3 heterocycles.